The summed E-state index contributed by atoms with van der Waals surface area (Å²) in [6.45, 7) is 38.9. The second kappa shape index (κ2) is 20.2. The van der Waals surface area contributed by atoms with Crippen molar-refractivity contribution in [1.82, 2.24) is 19.5 Å². The van der Waals surface area contributed by atoms with Gasteiger partial charge in [-0.05, 0) is 159 Å². The lowest BCUT2D eigenvalue weighted by atomic mass is 9.59. The summed E-state index contributed by atoms with van der Waals surface area (Å²) >= 11 is 0. The molecule has 3 aliphatic carbocycles. The van der Waals surface area contributed by atoms with Crippen LogP contribution in [0.2, 0.25) is 0 Å². The van der Waals surface area contributed by atoms with Crippen molar-refractivity contribution in [2.45, 2.75) is 143 Å². The number of fused-ring (bicyclic) bond motifs is 11. The van der Waals surface area contributed by atoms with E-state index in [0.717, 1.165) is 22.2 Å². The highest BCUT2D eigenvalue weighted by Gasteiger charge is 2.59. The van der Waals surface area contributed by atoms with Crippen molar-refractivity contribution >= 4 is 38.9 Å². The molecule has 0 fully saturated rings. The minimum atomic E-state index is -0.179. The number of anilines is 3. The van der Waals surface area contributed by atoms with E-state index in [2.05, 4.69) is 308 Å². The number of hydrogen-bond acceptors (Lipinski definition) is 4. The highest BCUT2D eigenvalue weighted by Crippen LogP contribution is 2.66. The van der Waals surface area contributed by atoms with Gasteiger partial charge >= 0.3 is 0 Å². The summed E-state index contributed by atoms with van der Waals surface area (Å²) in [5.41, 5.74) is 26.7. The Bertz CT molecular complexity index is 4880. The van der Waals surface area contributed by atoms with Crippen LogP contribution in [0.15, 0.2) is 224 Å². The lowest BCUT2D eigenvalue weighted by molar-refractivity contribution is 0.125. The third-order valence-electron chi connectivity index (χ3n) is 24.7. The summed E-state index contributed by atoms with van der Waals surface area (Å²) < 4.78 is 2.32. The summed E-state index contributed by atoms with van der Waals surface area (Å²) in [4.78, 5) is 18.1. The minimum Gasteiger partial charge on any atom is -0.310 e. The Hall–Kier alpha value is -9.19. The summed E-state index contributed by atoms with van der Waals surface area (Å²) in [5.74, 6) is 1.96. The first kappa shape index (κ1) is 59.1. The zero-order valence-corrected chi connectivity index (χ0v) is 56.6. The van der Waals surface area contributed by atoms with Gasteiger partial charge in [0.25, 0.3) is 0 Å². The predicted octanol–water partition coefficient (Wildman–Crippen LogP) is 22.9. The summed E-state index contributed by atoms with van der Waals surface area (Å²) in [6, 6.07) is 81.8. The van der Waals surface area contributed by atoms with Crippen LogP contribution in [0.25, 0.3) is 83.9 Å². The van der Waals surface area contributed by atoms with Gasteiger partial charge in [0.2, 0.25) is 5.95 Å². The van der Waals surface area contributed by atoms with Crippen molar-refractivity contribution in [3.05, 3.63) is 269 Å². The van der Waals surface area contributed by atoms with Crippen LogP contribution in [0, 0.1) is 10.8 Å². The van der Waals surface area contributed by atoms with Gasteiger partial charge in [-0.2, -0.15) is 9.97 Å². The Labute approximate surface area is 545 Å². The Morgan fingerprint density at radius 3 is 1.29 bits per heavy atom. The molecule has 5 heteroatoms. The number of rotatable bonds is 6. The van der Waals surface area contributed by atoms with E-state index < -0.39 is 0 Å². The highest BCUT2D eigenvalue weighted by molar-refractivity contribution is 6.15. The van der Waals surface area contributed by atoms with Crippen LogP contribution in [-0.4, -0.2) is 19.5 Å². The van der Waals surface area contributed by atoms with E-state index in [-0.39, 0.29) is 43.3 Å². The zero-order valence-electron chi connectivity index (χ0n) is 56.6. The smallest absolute Gasteiger partial charge is 0.238 e. The van der Waals surface area contributed by atoms with Crippen LogP contribution < -0.4 is 4.90 Å². The third-order valence-corrected chi connectivity index (χ3v) is 24.7. The predicted molar refractivity (Wildman–Crippen MR) is 386 cm³/mol. The maximum Gasteiger partial charge on any atom is 0.238 e. The van der Waals surface area contributed by atoms with Crippen molar-refractivity contribution in [3.8, 4) is 62.1 Å². The molecule has 0 amide bonds. The molecule has 10 aromatic carbocycles. The topological polar surface area (TPSA) is 46.8 Å². The average Bonchev–Trinajstić information content (AvgIpc) is 1.50. The number of aromatic nitrogens is 4. The largest absolute Gasteiger partial charge is 0.310 e. The van der Waals surface area contributed by atoms with Crippen LogP contribution in [-0.2, 0) is 32.5 Å². The first-order valence-electron chi connectivity index (χ1n) is 33.2. The fourth-order valence-electron chi connectivity index (χ4n) is 16.8. The van der Waals surface area contributed by atoms with E-state index >= 15 is 0 Å². The molecule has 1 aliphatic heterocycles. The Balaban J connectivity index is 0.000000154. The summed E-state index contributed by atoms with van der Waals surface area (Å²) in [6.07, 6.45) is 0. The average molecular weight is 1200 g/mol. The van der Waals surface area contributed by atoms with E-state index in [1.807, 2.05) is 36.4 Å². The molecule has 0 saturated heterocycles. The Kier molecular flexibility index (Phi) is 13.0. The van der Waals surface area contributed by atoms with E-state index in [1.165, 1.54) is 106 Å². The van der Waals surface area contributed by atoms with Gasteiger partial charge in [-0.15, -0.1) is 0 Å². The third kappa shape index (κ3) is 8.25. The van der Waals surface area contributed by atoms with E-state index in [0.29, 0.717) is 17.6 Å². The second-order valence-electron chi connectivity index (χ2n) is 31.0. The molecule has 0 atom stereocenters. The van der Waals surface area contributed by atoms with Crippen LogP contribution in [0.4, 0.5) is 17.1 Å². The lowest BCUT2D eigenvalue weighted by Gasteiger charge is -2.44. The number of hydrogen-bond donors (Lipinski definition) is 0. The molecule has 2 aromatic heterocycles. The van der Waals surface area contributed by atoms with Gasteiger partial charge in [-0.25, -0.2) is 4.98 Å². The standard InChI is InChI=1S/C45H42N4.C42H43N/c1-42(2)32-22-16-15-21-29(32)30-23-24-35-37(38(30)42)31-25-33-34(44(5,6)45(7,8)43(33,3)4)26-36(31)49(35)41-47-39(27-17-11-9-12-18-27)46-40(48-41)28-19-13-10-14-20-28;1-39(2)35-25-31(29-17-13-10-14-18-29)21-24-37(35)43(32-22-19-30(20-23-32)28-15-11-9-12-16-28)38-27-34-33(26-36(38)39)40(3,4)42(7,8)41(34,5)6/h9-26H,1-8H3;9-27H,1-8H3. The van der Waals surface area contributed by atoms with Crippen LogP contribution in [0.5, 0.6) is 0 Å². The fraction of sp³-hybridized carbons (Fsp3) is 0.276. The quantitative estimate of drug-likeness (QED) is 0.166. The van der Waals surface area contributed by atoms with Gasteiger partial charge in [0, 0.05) is 38.4 Å². The molecule has 0 N–H and O–H groups in total. The maximum atomic E-state index is 5.27. The van der Waals surface area contributed by atoms with Crippen molar-refractivity contribution in [2.24, 2.45) is 10.8 Å². The monoisotopic (exact) mass is 1200 g/mol. The molecule has 0 spiro atoms. The molecule has 4 aliphatic rings. The molecule has 0 saturated carbocycles. The molecule has 0 unspecified atom stereocenters. The van der Waals surface area contributed by atoms with Gasteiger partial charge in [0.05, 0.1) is 22.4 Å². The Morgan fingerprint density at radius 1 is 0.293 bits per heavy atom. The van der Waals surface area contributed by atoms with E-state index in [1.54, 1.807) is 0 Å². The van der Waals surface area contributed by atoms with E-state index in [9.17, 15) is 0 Å². The molecule has 0 bridgehead atoms. The molecular weight excluding hydrogens is 1110 g/mol. The normalized spacial score (nSPS) is 18.0. The van der Waals surface area contributed by atoms with E-state index in [4.69, 9.17) is 15.0 Å². The van der Waals surface area contributed by atoms with Crippen LogP contribution >= 0.6 is 0 Å². The first-order valence-corrected chi connectivity index (χ1v) is 33.2. The summed E-state index contributed by atoms with van der Waals surface area (Å²) in [7, 11) is 0. The number of nitrogens with zero attached hydrogens (tertiary/aromatic N) is 5. The van der Waals surface area contributed by atoms with Crippen molar-refractivity contribution < 1.29 is 0 Å². The molecule has 0 radical (unpaired) electrons. The zero-order chi connectivity index (χ0) is 64.5. The fourth-order valence-corrected chi connectivity index (χ4v) is 16.8. The summed E-state index contributed by atoms with van der Waals surface area (Å²) in [5, 5.41) is 2.55. The van der Waals surface area contributed by atoms with Gasteiger partial charge in [0.15, 0.2) is 11.6 Å². The van der Waals surface area contributed by atoms with Crippen molar-refractivity contribution in [1.29, 1.82) is 0 Å². The van der Waals surface area contributed by atoms with Gasteiger partial charge in [-0.1, -0.05) is 287 Å². The number of benzene rings is 10. The molecule has 92 heavy (non-hydrogen) atoms. The second-order valence-corrected chi connectivity index (χ2v) is 31.0. The molecule has 12 aromatic rings. The molecular formula is C87H85N5. The highest BCUT2D eigenvalue weighted by atomic mass is 15.2. The van der Waals surface area contributed by atoms with Crippen molar-refractivity contribution in [3.63, 3.8) is 0 Å². The van der Waals surface area contributed by atoms with Crippen LogP contribution in [0.1, 0.15) is 155 Å². The van der Waals surface area contributed by atoms with Crippen molar-refractivity contribution in [2.75, 3.05) is 4.90 Å². The maximum absolute atomic E-state index is 5.27. The van der Waals surface area contributed by atoms with Crippen LogP contribution in [0.3, 0.4) is 0 Å². The van der Waals surface area contributed by atoms with Gasteiger partial charge in [0.1, 0.15) is 0 Å². The minimum absolute atomic E-state index is 0.0288. The molecule has 458 valence electrons. The molecule has 16 rings (SSSR count). The SMILES string of the molecule is CC1(C)c2cc(-c3ccccc3)ccc2N(c2ccc(-c3ccccc3)cc2)c2cc3c(cc21)C(C)(C)C(C)(C)C3(C)C.CC1(C)c2ccccc2-c2ccc3c(c21)c1cc2c(cc1n3-c1nc(-c3ccccc3)nc(-c3ccccc3)n1)C(C)(C)C(C)(C)C2(C)C. The van der Waals surface area contributed by atoms with Gasteiger partial charge in [-0.3, -0.25) is 4.57 Å². The lowest BCUT2D eigenvalue weighted by Crippen LogP contribution is -2.42. The van der Waals surface area contributed by atoms with Gasteiger partial charge < -0.3 is 4.90 Å². The Morgan fingerprint density at radius 2 is 0.739 bits per heavy atom. The molecule has 3 heterocycles. The first-order chi connectivity index (χ1) is 43.7. The molecule has 5 nitrogen and oxygen atoms in total.